The highest BCUT2D eigenvalue weighted by atomic mass is 32.1. The Labute approximate surface area is 204 Å². The van der Waals surface area contributed by atoms with Crippen molar-refractivity contribution in [2.24, 2.45) is 0 Å². The maximum Gasteiger partial charge on any atom is 0.243 e. The van der Waals surface area contributed by atoms with E-state index in [1.807, 2.05) is 6.07 Å². The van der Waals surface area contributed by atoms with Crippen LogP contribution in [0.25, 0.3) is 10.2 Å². The molecule has 3 aromatic rings. The van der Waals surface area contributed by atoms with E-state index in [1.165, 1.54) is 31.0 Å². The molecule has 0 bridgehead atoms. The molecule has 5 rings (SSSR count). The topological polar surface area (TPSA) is 82.2 Å². The second-order valence-corrected chi connectivity index (χ2v) is 10.1. The van der Waals surface area contributed by atoms with Crippen molar-refractivity contribution in [1.29, 1.82) is 0 Å². The third-order valence-corrected chi connectivity index (χ3v) is 7.66. The van der Waals surface area contributed by atoms with Crippen molar-refractivity contribution in [2.75, 3.05) is 28.6 Å². The minimum Gasteiger partial charge on any atom is -0.372 e. The lowest BCUT2D eigenvalue weighted by Gasteiger charge is -2.30. The first-order valence-corrected chi connectivity index (χ1v) is 13.1. The molecule has 7 nitrogen and oxygen atoms in total. The highest BCUT2D eigenvalue weighted by Crippen LogP contribution is 2.31. The van der Waals surface area contributed by atoms with E-state index < -0.39 is 0 Å². The number of benzene rings is 1. The van der Waals surface area contributed by atoms with Gasteiger partial charge in [-0.05, 0) is 86.7 Å². The van der Waals surface area contributed by atoms with Gasteiger partial charge in [-0.3, -0.25) is 4.79 Å². The molecule has 3 N–H and O–H groups in total. The number of hydrogen-bond acceptors (Lipinski definition) is 7. The van der Waals surface area contributed by atoms with Crippen LogP contribution in [0.15, 0.2) is 48.4 Å². The molecule has 2 fully saturated rings. The predicted octanol–water partition coefficient (Wildman–Crippen LogP) is 5.45. The standard InChI is InChI=1S/C26H32N6OS/c1-2-23(33)27-18-6-8-19(9-7-18)28-25-24-22(14-17-34-24)30-26(31-25)29-20-10-12-21(13-11-20)32-15-4-3-5-16-32/h2,10-14,17-19H,1,3-9,15-16H2,(H,27,33)(H2,28,29,30,31). The van der Waals surface area contributed by atoms with Crippen molar-refractivity contribution >= 4 is 50.6 Å². The summed E-state index contributed by atoms with van der Waals surface area (Å²) < 4.78 is 1.08. The molecule has 0 radical (unpaired) electrons. The van der Waals surface area contributed by atoms with Crippen LogP contribution in [0.3, 0.4) is 0 Å². The van der Waals surface area contributed by atoms with Crippen LogP contribution >= 0.6 is 11.3 Å². The van der Waals surface area contributed by atoms with Crippen LogP contribution in [0.1, 0.15) is 44.9 Å². The van der Waals surface area contributed by atoms with E-state index in [-0.39, 0.29) is 11.9 Å². The van der Waals surface area contributed by atoms with Crippen LogP contribution in [0.5, 0.6) is 0 Å². The first kappa shape index (κ1) is 22.7. The second kappa shape index (κ2) is 10.4. The quantitative estimate of drug-likeness (QED) is 0.393. The molecule has 1 amide bonds. The Morgan fingerprint density at radius 2 is 1.74 bits per heavy atom. The van der Waals surface area contributed by atoms with Crippen LogP contribution in [0.2, 0.25) is 0 Å². The van der Waals surface area contributed by atoms with Gasteiger partial charge in [-0.1, -0.05) is 6.58 Å². The fourth-order valence-electron chi connectivity index (χ4n) is 4.89. The monoisotopic (exact) mass is 476 g/mol. The van der Waals surface area contributed by atoms with Gasteiger partial charge in [0.25, 0.3) is 0 Å². The number of anilines is 4. The van der Waals surface area contributed by atoms with E-state index >= 15 is 0 Å². The Morgan fingerprint density at radius 3 is 2.47 bits per heavy atom. The summed E-state index contributed by atoms with van der Waals surface area (Å²) in [5.41, 5.74) is 3.21. The maximum atomic E-state index is 11.6. The van der Waals surface area contributed by atoms with Crippen molar-refractivity contribution in [1.82, 2.24) is 15.3 Å². The summed E-state index contributed by atoms with van der Waals surface area (Å²) >= 11 is 1.66. The lowest BCUT2D eigenvalue weighted by Crippen LogP contribution is -2.39. The van der Waals surface area contributed by atoms with Crippen molar-refractivity contribution in [3.05, 3.63) is 48.4 Å². The zero-order chi connectivity index (χ0) is 23.3. The fourth-order valence-corrected chi connectivity index (χ4v) is 5.67. The number of carbonyl (C=O) groups excluding carboxylic acids is 1. The highest BCUT2D eigenvalue weighted by molar-refractivity contribution is 7.17. The second-order valence-electron chi connectivity index (χ2n) is 9.16. The first-order chi connectivity index (χ1) is 16.7. The largest absolute Gasteiger partial charge is 0.372 e. The molecular formula is C26H32N6OS. The predicted molar refractivity (Wildman–Crippen MR) is 141 cm³/mol. The van der Waals surface area contributed by atoms with Crippen LogP contribution in [0, 0.1) is 0 Å². The summed E-state index contributed by atoms with van der Waals surface area (Å²) in [5.74, 6) is 1.39. The highest BCUT2D eigenvalue weighted by Gasteiger charge is 2.23. The van der Waals surface area contributed by atoms with Crippen molar-refractivity contribution in [3.8, 4) is 0 Å². The van der Waals surface area contributed by atoms with E-state index in [0.29, 0.717) is 12.0 Å². The lowest BCUT2D eigenvalue weighted by molar-refractivity contribution is -0.117. The van der Waals surface area contributed by atoms with Gasteiger partial charge >= 0.3 is 0 Å². The van der Waals surface area contributed by atoms with Gasteiger partial charge < -0.3 is 20.9 Å². The van der Waals surface area contributed by atoms with Gasteiger partial charge in [0.1, 0.15) is 5.82 Å². The SMILES string of the molecule is C=CC(=O)NC1CCC(Nc2nc(Nc3ccc(N4CCCCC4)cc3)nc3ccsc23)CC1. The van der Waals surface area contributed by atoms with Gasteiger partial charge in [-0.2, -0.15) is 4.98 Å². The molecule has 2 aliphatic rings. The van der Waals surface area contributed by atoms with Crippen LogP contribution in [0.4, 0.5) is 23.1 Å². The number of nitrogens with zero attached hydrogens (tertiary/aromatic N) is 3. The Kier molecular flexibility index (Phi) is 6.94. The van der Waals surface area contributed by atoms with E-state index in [4.69, 9.17) is 9.97 Å². The minimum atomic E-state index is -0.0906. The molecule has 1 aliphatic heterocycles. The Balaban J connectivity index is 1.26. The van der Waals surface area contributed by atoms with E-state index in [2.05, 4.69) is 57.1 Å². The van der Waals surface area contributed by atoms with Gasteiger partial charge in [0, 0.05) is 36.5 Å². The number of amides is 1. The molecule has 8 heteroatoms. The zero-order valence-electron chi connectivity index (χ0n) is 19.4. The molecule has 34 heavy (non-hydrogen) atoms. The third kappa shape index (κ3) is 5.33. The van der Waals surface area contributed by atoms with Crippen molar-refractivity contribution < 1.29 is 4.79 Å². The number of nitrogens with one attached hydrogen (secondary N) is 3. The van der Waals surface area contributed by atoms with Crippen molar-refractivity contribution in [3.63, 3.8) is 0 Å². The number of fused-ring (bicyclic) bond motifs is 1. The fraction of sp³-hybridized carbons (Fsp3) is 0.423. The van der Waals surface area contributed by atoms with Crippen molar-refractivity contribution in [2.45, 2.75) is 57.0 Å². The van der Waals surface area contributed by atoms with Gasteiger partial charge in [-0.25, -0.2) is 4.98 Å². The zero-order valence-corrected chi connectivity index (χ0v) is 20.2. The summed E-state index contributed by atoms with van der Waals surface area (Å²) in [5, 5.41) is 12.1. The smallest absolute Gasteiger partial charge is 0.243 e. The molecule has 0 atom stereocenters. The third-order valence-electron chi connectivity index (χ3n) is 6.75. The Morgan fingerprint density at radius 1 is 1.00 bits per heavy atom. The van der Waals surface area contributed by atoms with E-state index in [9.17, 15) is 4.79 Å². The first-order valence-electron chi connectivity index (χ1n) is 12.2. The number of aromatic nitrogens is 2. The molecule has 2 aromatic heterocycles. The summed E-state index contributed by atoms with van der Waals surface area (Å²) in [7, 11) is 0. The van der Waals surface area contributed by atoms with Gasteiger partial charge in [0.05, 0.1) is 10.2 Å². The Bertz CT molecular complexity index is 1130. The van der Waals surface area contributed by atoms with Crippen LogP contribution in [-0.4, -0.2) is 41.0 Å². The van der Waals surface area contributed by atoms with Gasteiger partial charge in [0.2, 0.25) is 11.9 Å². The number of rotatable bonds is 7. The molecule has 1 aliphatic carbocycles. The average Bonchev–Trinajstić information content (AvgIpc) is 3.35. The lowest BCUT2D eigenvalue weighted by atomic mass is 9.91. The number of piperidine rings is 1. The molecule has 3 heterocycles. The van der Waals surface area contributed by atoms with E-state index in [1.54, 1.807) is 11.3 Å². The molecular weight excluding hydrogens is 444 g/mol. The average molecular weight is 477 g/mol. The molecule has 1 saturated carbocycles. The molecule has 1 aromatic carbocycles. The molecule has 0 spiro atoms. The summed E-state index contributed by atoms with van der Waals surface area (Å²) in [4.78, 5) is 23.6. The number of hydrogen-bond donors (Lipinski definition) is 3. The van der Waals surface area contributed by atoms with Gasteiger partial charge in [0.15, 0.2) is 0 Å². The summed E-state index contributed by atoms with van der Waals surface area (Å²) in [6, 6.07) is 11.2. The molecule has 178 valence electrons. The van der Waals surface area contributed by atoms with Gasteiger partial charge in [-0.15, -0.1) is 11.3 Å². The summed E-state index contributed by atoms with van der Waals surface area (Å²) in [6.45, 7) is 5.82. The van der Waals surface area contributed by atoms with E-state index in [0.717, 1.165) is 60.5 Å². The molecule has 0 unspecified atom stereocenters. The summed E-state index contributed by atoms with van der Waals surface area (Å²) in [6.07, 6.45) is 9.09. The maximum absolute atomic E-state index is 11.6. The van der Waals surface area contributed by atoms with Crippen LogP contribution in [-0.2, 0) is 4.79 Å². The molecule has 1 saturated heterocycles. The number of thiophene rings is 1. The normalized spacial score (nSPS) is 20.6. The minimum absolute atomic E-state index is 0.0906. The van der Waals surface area contributed by atoms with Crippen LogP contribution < -0.4 is 20.9 Å². The number of carbonyl (C=O) groups is 1. The Hall–Kier alpha value is -3.13.